The second kappa shape index (κ2) is 8.75. The monoisotopic (exact) mass is 404 g/mol. The summed E-state index contributed by atoms with van der Waals surface area (Å²) in [6.45, 7) is 2.28. The third-order valence-electron chi connectivity index (χ3n) is 3.91. The van der Waals surface area contributed by atoms with Crippen molar-refractivity contribution in [2.24, 2.45) is 5.10 Å². The van der Waals surface area contributed by atoms with Gasteiger partial charge in [-0.25, -0.2) is 13.9 Å². The Balaban J connectivity index is 1.81. The maximum absolute atomic E-state index is 13.0. The third kappa shape index (κ3) is 4.61. The van der Waals surface area contributed by atoms with Gasteiger partial charge in [0.25, 0.3) is 6.43 Å². The van der Waals surface area contributed by atoms with Crippen LogP contribution in [0.25, 0.3) is 0 Å². The number of rotatable bonds is 7. The fourth-order valence-electron chi connectivity index (χ4n) is 2.47. The molecule has 0 amide bonds. The second-order valence-electron chi connectivity index (χ2n) is 5.92. The molecular weight excluding hydrogens is 386 g/mol. The van der Waals surface area contributed by atoms with E-state index in [-0.39, 0.29) is 11.4 Å². The standard InChI is InChI=1S/C19H18F2N4O2S/c1-12-3-6-15(7-4-12)27-11-14-9-13(5-8-16(14)26-2)10-22-25-18(17(20)21)23-24-19(25)28/h3-10,17H,11H2,1-2H3,(H,24,28). The summed E-state index contributed by atoms with van der Waals surface area (Å²) in [7, 11) is 1.57. The zero-order chi connectivity index (χ0) is 20.1. The molecule has 28 heavy (non-hydrogen) atoms. The van der Waals surface area contributed by atoms with Crippen molar-refractivity contribution < 1.29 is 18.3 Å². The van der Waals surface area contributed by atoms with E-state index in [4.69, 9.17) is 21.7 Å². The van der Waals surface area contributed by atoms with Crippen LogP contribution in [0.2, 0.25) is 0 Å². The van der Waals surface area contributed by atoms with E-state index < -0.39 is 12.2 Å². The van der Waals surface area contributed by atoms with E-state index in [1.54, 1.807) is 19.2 Å². The van der Waals surface area contributed by atoms with Gasteiger partial charge in [-0.3, -0.25) is 0 Å². The summed E-state index contributed by atoms with van der Waals surface area (Å²) in [6.07, 6.45) is -1.37. The van der Waals surface area contributed by atoms with E-state index in [0.717, 1.165) is 21.6 Å². The first-order valence-electron chi connectivity index (χ1n) is 8.34. The van der Waals surface area contributed by atoms with Crippen molar-refractivity contribution in [2.75, 3.05) is 7.11 Å². The van der Waals surface area contributed by atoms with Crippen LogP contribution in [0.1, 0.15) is 28.9 Å². The first-order chi connectivity index (χ1) is 13.5. The molecule has 0 bridgehead atoms. The Bertz CT molecular complexity index is 1030. The molecule has 6 nitrogen and oxygen atoms in total. The molecule has 0 saturated carbocycles. The highest BCUT2D eigenvalue weighted by molar-refractivity contribution is 7.71. The van der Waals surface area contributed by atoms with Gasteiger partial charge in [0.15, 0.2) is 0 Å². The minimum atomic E-state index is -2.79. The smallest absolute Gasteiger partial charge is 0.299 e. The normalized spacial score (nSPS) is 11.3. The van der Waals surface area contributed by atoms with Crippen LogP contribution in [0.3, 0.4) is 0 Å². The number of H-pyrrole nitrogens is 1. The Labute approximate surface area is 165 Å². The van der Waals surface area contributed by atoms with E-state index in [1.807, 2.05) is 37.3 Å². The van der Waals surface area contributed by atoms with Crippen LogP contribution in [0, 0.1) is 11.7 Å². The molecule has 9 heteroatoms. The van der Waals surface area contributed by atoms with Crippen molar-refractivity contribution in [1.29, 1.82) is 0 Å². The van der Waals surface area contributed by atoms with Gasteiger partial charge in [-0.2, -0.15) is 14.9 Å². The average Bonchev–Trinajstić information content (AvgIpc) is 3.06. The van der Waals surface area contributed by atoms with Crippen molar-refractivity contribution in [3.05, 3.63) is 69.8 Å². The largest absolute Gasteiger partial charge is 0.496 e. The SMILES string of the molecule is COc1ccc(C=Nn2c(C(F)F)n[nH]c2=S)cc1COc1ccc(C)cc1. The predicted octanol–water partition coefficient (Wildman–Crippen LogP) is 4.66. The van der Waals surface area contributed by atoms with Gasteiger partial charge in [0.05, 0.1) is 13.3 Å². The lowest BCUT2D eigenvalue weighted by Gasteiger charge is -2.11. The van der Waals surface area contributed by atoms with Gasteiger partial charge < -0.3 is 9.47 Å². The molecule has 1 aromatic heterocycles. The topological polar surface area (TPSA) is 64.4 Å². The Hall–Kier alpha value is -3.07. The summed E-state index contributed by atoms with van der Waals surface area (Å²) in [5.41, 5.74) is 2.60. The lowest BCUT2D eigenvalue weighted by molar-refractivity contribution is 0.136. The van der Waals surface area contributed by atoms with Crippen LogP contribution >= 0.6 is 12.2 Å². The fraction of sp³-hybridized carbons (Fsp3) is 0.211. The third-order valence-corrected chi connectivity index (χ3v) is 4.18. The van der Waals surface area contributed by atoms with E-state index in [9.17, 15) is 8.78 Å². The van der Waals surface area contributed by atoms with Crippen molar-refractivity contribution in [1.82, 2.24) is 14.9 Å². The number of aryl methyl sites for hydroxylation is 1. The molecule has 2 aromatic carbocycles. The molecule has 0 aliphatic heterocycles. The van der Waals surface area contributed by atoms with Gasteiger partial charge in [0, 0.05) is 5.56 Å². The number of aromatic nitrogens is 3. The molecule has 1 heterocycles. The maximum Gasteiger partial charge on any atom is 0.299 e. The molecule has 0 fully saturated rings. The number of ether oxygens (including phenoxy) is 2. The van der Waals surface area contributed by atoms with Crippen LogP contribution in [0.15, 0.2) is 47.6 Å². The first kappa shape index (κ1) is 19.7. The predicted molar refractivity (Wildman–Crippen MR) is 104 cm³/mol. The first-order valence-corrected chi connectivity index (χ1v) is 8.75. The van der Waals surface area contributed by atoms with Crippen LogP contribution in [-0.2, 0) is 6.61 Å². The second-order valence-corrected chi connectivity index (χ2v) is 6.30. The number of aromatic amines is 1. The molecule has 0 saturated heterocycles. The van der Waals surface area contributed by atoms with Gasteiger partial charge in [0.1, 0.15) is 18.1 Å². The molecule has 0 atom stereocenters. The molecule has 146 valence electrons. The maximum atomic E-state index is 13.0. The van der Waals surface area contributed by atoms with Crippen molar-refractivity contribution >= 4 is 18.4 Å². The number of benzene rings is 2. The number of halogens is 2. The van der Waals surface area contributed by atoms with Crippen LogP contribution in [0.5, 0.6) is 11.5 Å². The molecule has 3 rings (SSSR count). The van der Waals surface area contributed by atoms with Crippen LogP contribution in [-0.4, -0.2) is 28.2 Å². The number of hydrogen-bond donors (Lipinski definition) is 1. The van der Waals surface area contributed by atoms with Crippen LogP contribution in [0.4, 0.5) is 8.78 Å². The molecular formula is C19H18F2N4O2S. The van der Waals surface area contributed by atoms with E-state index in [2.05, 4.69) is 15.3 Å². The Kier molecular flexibility index (Phi) is 6.15. The lowest BCUT2D eigenvalue weighted by Crippen LogP contribution is -2.01. The molecule has 1 N–H and O–H groups in total. The van der Waals surface area contributed by atoms with Crippen molar-refractivity contribution in [2.45, 2.75) is 20.0 Å². The highest BCUT2D eigenvalue weighted by Gasteiger charge is 2.16. The van der Waals surface area contributed by atoms with Gasteiger partial charge >= 0.3 is 0 Å². The number of nitrogens with zero attached hydrogens (tertiary/aromatic N) is 3. The summed E-state index contributed by atoms with van der Waals surface area (Å²) in [4.78, 5) is 0. The number of nitrogens with one attached hydrogen (secondary N) is 1. The number of hydrogen-bond acceptors (Lipinski definition) is 5. The van der Waals surface area contributed by atoms with Gasteiger partial charge in [0.2, 0.25) is 10.6 Å². The number of methoxy groups -OCH3 is 1. The Morgan fingerprint density at radius 1 is 1.25 bits per heavy atom. The van der Waals surface area contributed by atoms with E-state index >= 15 is 0 Å². The molecule has 3 aromatic rings. The van der Waals surface area contributed by atoms with Crippen molar-refractivity contribution in [3.8, 4) is 11.5 Å². The fourth-order valence-corrected chi connectivity index (χ4v) is 2.65. The molecule has 0 unspecified atom stereocenters. The summed E-state index contributed by atoms with van der Waals surface area (Å²) in [6, 6.07) is 13.0. The van der Waals surface area contributed by atoms with Crippen molar-refractivity contribution in [3.63, 3.8) is 0 Å². The van der Waals surface area contributed by atoms with E-state index in [1.165, 1.54) is 6.21 Å². The highest BCUT2D eigenvalue weighted by Crippen LogP contribution is 2.22. The Morgan fingerprint density at radius 3 is 2.68 bits per heavy atom. The summed E-state index contributed by atoms with van der Waals surface area (Å²) in [5.74, 6) is 0.841. The molecule has 0 spiro atoms. The molecule has 0 radical (unpaired) electrons. The minimum Gasteiger partial charge on any atom is -0.496 e. The lowest BCUT2D eigenvalue weighted by atomic mass is 10.1. The average molecular weight is 404 g/mol. The van der Waals surface area contributed by atoms with Gasteiger partial charge in [-0.05, 0) is 55.0 Å². The van der Waals surface area contributed by atoms with E-state index in [0.29, 0.717) is 11.3 Å². The molecule has 0 aliphatic carbocycles. The highest BCUT2D eigenvalue weighted by atomic mass is 32.1. The number of alkyl halides is 2. The van der Waals surface area contributed by atoms with Gasteiger partial charge in [-0.1, -0.05) is 17.7 Å². The van der Waals surface area contributed by atoms with Gasteiger partial charge in [-0.15, -0.1) is 0 Å². The summed E-state index contributed by atoms with van der Waals surface area (Å²) in [5, 5.41) is 9.81. The minimum absolute atomic E-state index is 0.0111. The zero-order valence-corrected chi connectivity index (χ0v) is 16.0. The zero-order valence-electron chi connectivity index (χ0n) is 15.2. The molecule has 0 aliphatic rings. The Morgan fingerprint density at radius 2 is 2.00 bits per heavy atom. The van der Waals surface area contributed by atoms with Crippen LogP contribution < -0.4 is 9.47 Å². The summed E-state index contributed by atoms with van der Waals surface area (Å²) >= 11 is 4.94. The summed E-state index contributed by atoms with van der Waals surface area (Å²) < 4.78 is 38.0. The quantitative estimate of drug-likeness (QED) is 0.460.